The minimum Gasteiger partial charge on any atom is -0.484 e. The molecule has 3 heterocycles. The first-order valence-electron chi connectivity index (χ1n) is 9.03. The SMILES string of the molecule is CN(C[C@@H]1CCCCO1)C(=O)c1coc(COc2ccc3c(c2)OCO3)n1. The molecule has 8 nitrogen and oxygen atoms in total. The molecule has 0 radical (unpaired) electrons. The van der Waals surface area contributed by atoms with Crippen molar-refractivity contribution in [1.82, 2.24) is 9.88 Å². The minimum absolute atomic E-state index is 0.0911. The van der Waals surface area contributed by atoms with Gasteiger partial charge in [0.2, 0.25) is 12.7 Å². The fourth-order valence-electron chi connectivity index (χ4n) is 3.12. The zero-order valence-corrected chi connectivity index (χ0v) is 15.2. The van der Waals surface area contributed by atoms with Crippen LogP contribution in [0.5, 0.6) is 17.2 Å². The molecule has 2 aliphatic heterocycles. The van der Waals surface area contributed by atoms with Crippen molar-refractivity contribution in [2.45, 2.75) is 32.0 Å². The number of hydrogen-bond donors (Lipinski definition) is 0. The van der Waals surface area contributed by atoms with E-state index in [1.165, 1.54) is 6.26 Å². The Kier molecular flexibility index (Phi) is 5.15. The topological polar surface area (TPSA) is 83.3 Å². The third-order valence-electron chi connectivity index (χ3n) is 4.58. The van der Waals surface area contributed by atoms with Gasteiger partial charge in [-0.1, -0.05) is 0 Å². The molecule has 0 unspecified atom stereocenters. The number of benzene rings is 1. The third kappa shape index (κ3) is 4.16. The van der Waals surface area contributed by atoms with E-state index in [2.05, 4.69) is 4.98 Å². The molecule has 27 heavy (non-hydrogen) atoms. The van der Waals surface area contributed by atoms with Crippen LogP contribution in [-0.2, 0) is 11.3 Å². The summed E-state index contributed by atoms with van der Waals surface area (Å²) in [4.78, 5) is 18.4. The molecule has 0 aliphatic carbocycles. The number of aromatic nitrogens is 1. The molecule has 8 heteroatoms. The first-order chi connectivity index (χ1) is 13.2. The molecule has 1 aromatic heterocycles. The number of rotatable bonds is 6. The summed E-state index contributed by atoms with van der Waals surface area (Å²) in [5.41, 5.74) is 0.262. The van der Waals surface area contributed by atoms with Crippen LogP contribution < -0.4 is 14.2 Å². The number of hydrogen-bond acceptors (Lipinski definition) is 7. The zero-order valence-electron chi connectivity index (χ0n) is 15.2. The highest BCUT2D eigenvalue weighted by Gasteiger charge is 2.22. The van der Waals surface area contributed by atoms with E-state index in [1.54, 1.807) is 30.1 Å². The predicted octanol–water partition coefficient (Wildman–Crippen LogP) is 2.62. The second kappa shape index (κ2) is 7.87. The third-order valence-corrected chi connectivity index (χ3v) is 4.58. The van der Waals surface area contributed by atoms with Crippen molar-refractivity contribution in [3.05, 3.63) is 36.0 Å². The van der Waals surface area contributed by atoms with Gasteiger partial charge in [-0.25, -0.2) is 4.98 Å². The average molecular weight is 374 g/mol. The van der Waals surface area contributed by atoms with E-state index in [0.29, 0.717) is 29.7 Å². The van der Waals surface area contributed by atoms with E-state index in [-0.39, 0.29) is 31.1 Å². The molecule has 1 atom stereocenters. The van der Waals surface area contributed by atoms with Crippen LogP contribution in [0.2, 0.25) is 0 Å². The molecule has 0 saturated carbocycles. The number of oxazole rings is 1. The van der Waals surface area contributed by atoms with Gasteiger partial charge < -0.3 is 28.3 Å². The van der Waals surface area contributed by atoms with E-state index >= 15 is 0 Å². The second-order valence-electron chi connectivity index (χ2n) is 6.60. The van der Waals surface area contributed by atoms with Crippen LogP contribution >= 0.6 is 0 Å². The summed E-state index contributed by atoms with van der Waals surface area (Å²) in [5.74, 6) is 2.08. The second-order valence-corrected chi connectivity index (χ2v) is 6.60. The maximum Gasteiger partial charge on any atom is 0.275 e. The summed E-state index contributed by atoms with van der Waals surface area (Å²) in [6.07, 6.45) is 4.65. The first-order valence-corrected chi connectivity index (χ1v) is 9.03. The van der Waals surface area contributed by atoms with E-state index in [1.807, 2.05) is 0 Å². The Balaban J connectivity index is 1.31. The first kappa shape index (κ1) is 17.7. The van der Waals surface area contributed by atoms with E-state index < -0.39 is 0 Å². The largest absolute Gasteiger partial charge is 0.484 e. The Morgan fingerprint density at radius 1 is 1.30 bits per heavy atom. The highest BCUT2D eigenvalue weighted by atomic mass is 16.7. The van der Waals surface area contributed by atoms with Crippen molar-refractivity contribution in [2.24, 2.45) is 0 Å². The highest BCUT2D eigenvalue weighted by Crippen LogP contribution is 2.35. The lowest BCUT2D eigenvalue weighted by atomic mass is 10.1. The number of amides is 1. The van der Waals surface area contributed by atoms with Gasteiger partial charge in [0.25, 0.3) is 5.91 Å². The van der Waals surface area contributed by atoms with Crippen LogP contribution in [0.15, 0.2) is 28.9 Å². The molecule has 144 valence electrons. The van der Waals surface area contributed by atoms with Crippen molar-refractivity contribution in [2.75, 3.05) is 27.0 Å². The molecule has 1 fully saturated rings. The fourth-order valence-corrected chi connectivity index (χ4v) is 3.12. The molecular weight excluding hydrogens is 352 g/mol. The van der Waals surface area contributed by atoms with Crippen LogP contribution in [0.4, 0.5) is 0 Å². The number of carbonyl (C=O) groups excluding carboxylic acids is 1. The van der Waals surface area contributed by atoms with Gasteiger partial charge >= 0.3 is 0 Å². The van der Waals surface area contributed by atoms with Crippen molar-refractivity contribution < 1.29 is 28.2 Å². The Hall–Kier alpha value is -2.74. The molecule has 2 aliphatic rings. The summed E-state index contributed by atoms with van der Waals surface area (Å²) in [5, 5.41) is 0. The maximum absolute atomic E-state index is 12.5. The maximum atomic E-state index is 12.5. The zero-order chi connectivity index (χ0) is 18.6. The van der Waals surface area contributed by atoms with Gasteiger partial charge in [-0.15, -0.1) is 0 Å². The minimum atomic E-state index is -0.192. The van der Waals surface area contributed by atoms with Crippen LogP contribution in [-0.4, -0.2) is 48.9 Å². The van der Waals surface area contributed by atoms with Crippen molar-refractivity contribution in [1.29, 1.82) is 0 Å². The Morgan fingerprint density at radius 3 is 3.04 bits per heavy atom. The van der Waals surface area contributed by atoms with E-state index in [0.717, 1.165) is 25.9 Å². The number of ether oxygens (including phenoxy) is 4. The molecule has 1 amide bonds. The van der Waals surface area contributed by atoms with Crippen molar-refractivity contribution >= 4 is 5.91 Å². The number of likely N-dealkylation sites (N-methyl/N-ethyl adjacent to an activating group) is 1. The summed E-state index contributed by atoms with van der Waals surface area (Å²) in [6.45, 7) is 1.64. The lowest BCUT2D eigenvalue weighted by molar-refractivity contribution is -0.000293. The summed E-state index contributed by atoms with van der Waals surface area (Å²) in [6, 6.07) is 5.31. The van der Waals surface area contributed by atoms with Gasteiger partial charge in [-0.3, -0.25) is 4.79 Å². The van der Waals surface area contributed by atoms with E-state index in [9.17, 15) is 4.79 Å². The Morgan fingerprint density at radius 2 is 2.19 bits per heavy atom. The standard InChI is InChI=1S/C19H22N2O6/c1-21(9-14-4-2-3-7-23-14)19(22)15-10-25-18(20-15)11-24-13-5-6-16-17(8-13)27-12-26-16/h5-6,8,10,14H,2-4,7,9,11-12H2,1H3/t14-/m0/s1. The van der Waals surface area contributed by atoms with E-state index in [4.69, 9.17) is 23.4 Å². The van der Waals surface area contributed by atoms with Crippen LogP contribution in [0.1, 0.15) is 35.6 Å². The lowest BCUT2D eigenvalue weighted by Gasteiger charge is -2.26. The number of fused-ring (bicyclic) bond motifs is 1. The molecule has 0 N–H and O–H groups in total. The molecule has 0 bridgehead atoms. The molecule has 1 saturated heterocycles. The van der Waals surface area contributed by atoms with Crippen LogP contribution in [0, 0.1) is 0 Å². The fraction of sp³-hybridized carbons (Fsp3) is 0.474. The molecule has 4 rings (SSSR count). The predicted molar refractivity (Wildman–Crippen MR) is 94.0 cm³/mol. The van der Waals surface area contributed by atoms with Crippen molar-refractivity contribution in [3.8, 4) is 17.2 Å². The van der Waals surface area contributed by atoms with Gasteiger partial charge in [-0.2, -0.15) is 0 Å². The van der Waals surface area contributed by atoms with Gasteiger partial charge in [-0.05, 0) is 31.4 Å². The lowest BCUT2D eigenvalue weighted by Crippen LogP contribution is -2.37. The van der Waals surface area contributed by atoms with Crippen LogP contribution in [0.3, 0.4) is 0 Å². The molecular formula is C19H22N2O6. The Bertz CT molecular complexity index is 799. The normalized spacial score (nSPS) is 18.3. The monoisotopic (exact) mass is 374 g/mol. The quantitative estimate of drug-likeness (QED) is 0.768. The van der Waals surface area contributed by atoms with Gasteiger partial charge in [0.15, 0.2) is 23.8 Å². The van der Waals surface area contributed by atoms with Crippen molar-refractivity contribution in [3.63, 3.8) is 0 Å². The molecule has 2 aromatic rings. The molecule has 1 aromatic carbocycles. The number of carbonyl (C=O) groups is 1. The molecule has 0 spiro atoms. The highest BCUT2D eigenvalue weighted by molar-refractivity contribution is 5.91. The smallest absolute Gasteiger partial charge is 0.275 e. The van der Waals surface area contributed by atoms with Crippen LogP contribution in [0.25, 0.3) is 0 Å². The van der Waals surface area contributed by atoms with Gasteiger partial charge in [0.1, 0.15) is 12.0 Å². The summed E-state index contributed by atoms with van der Waals surface area (Å²) in [7, 11) is 1.75. The van der Waals surface area contributed by atoms with Gasteiger partial charge in [0.05, 0.1) is 6.10 Å². The van der Waals surface area contributed by atoms with Gasteiger partial charge in [0, 0.05) is 26.3 Å². The Labute approximate surface area is 157 Å². The number of nitrogens with zero attached hydrogens (tertiary/aromatic N) is 2. The average Bonchev–Trinajstić information content (AvgIpc) is 3.35. The summed E-state index contributed by atoms with van der Waals surface area (Å²) >= 11 is 0. The summed E-state index contributed by atoms with van der Waals surface area (Å²) < 4.78 is 27.3.